The summed E-state index contributed by atoms with van der Waals surface area (Å²) in [7, 11) is 0. The molecule has 0 saturated heterocycles. The Morgan fingerprint density at radius 3 is 2.31 bits per heavy atom. The number of amides is 2. The van der Waals surface area contributed by atoms with Crippen LogP contribution in [0.25, 0.3) is 0 Å². The van der Waals surface area contributed by atoms with E-state index in [4.69, 9.17) is 16.3 Å². The molecule has 39 heavy (non-hydrogen) atoms. The number of aryl methyl sites for hydroxylation is 2. The van der Waals surface area contributed by atoms with Crippen LogP contribution in [0.2, 0.25) is 5.02 Å². The second-order valence-corrected chi connectivity index (χ2v) is 11.5. The van der Waals surface area contributed by atoms with Crippen LogP contribution in [0.15, 0.2) is 71.2 Å². The maximum atomic E-state index is 13.9. The first kappa shape index (κ1) is 29.2. The van der Waals surface area contributed by atoms with Gasteiger partial charge >= 0.3 is 0 Å². The zero-order chi connectivity index (χ0) is 27.8. The normalized spacial score (nSPS) is 14.5. The minimum atomic E-state index is -0.713. The van der Waals surface area contributed by atoms with E-state index in [9.17, 15) is 9.59 Å². The summed E-state index contributed by atoms with van der Waals surface area (Å²) in [6, 6.07) is 20.5. The molecule has 1 fully saturated rings. The molecule has 0 bridgehead atoms. The molecule has 206 valence electrons. The van der Waals surface area contributed by atoms with Crippen LogP contribution in [-0.2, 0) is 22.6 Å². The first-order valence-electron chi connectivity index (χ1n) is 13.6. The first-order chi connectivity index (χ1) is 18.8. The molecular formula is C32H36BrClN2O3. The maximum absolute atomic E-state index is 13.9. The summed E-state index contributed by atoms with van der Waals surface area (Å²) in [6.07, 6.45) is 5.74. The fourth-order valence-corrected chi connectivity index (χ4v) is 5.55. The van der Waals surface area contributed by atoms with Gasteiger partial charge in [0.25, 0.3) is 5.91 Å². The molecule has 7 heteroatoms. The van der Waals surface area contributed by atoms with Crippen LogP contribution < -0.4 is 10.1 Å². The van der Waals surface area contributed by atoms with Gasteiger partial charge in [-0.15, -0.1) is 0 Å². The molecule has 0 spiro atoms. The fraction of sp³-hybridized carbons (Fsp3) is 0.375. The molecule has 2 amide bonds. The highest BCUT2D eigenvalue weighted by molar-refractivity contribution is 9.10. The van der Waals surface area contributed by atoms with Gasteiger partial charge in [0.1, 0.15) is 11.8 Å². The van der Waals surface area contributed by atoms with Crippen molar-refractivity contribution in [2.45, 2.75) is 71.0 Å². The van der Waals surface area contributed by atoms with Crippen LogP contribution in [0.3, 0.4) is 0 Å². The van der Waals surface area contributed by atoms with E-state index in [-0.39, 0.29) is 31.0 Å². The number of hydrogen-bond donors (Lipinski definition) is 1. The second kappa shape index (κ2) is 14.0. The third-order valence-electron chi connectivity index (χ3n) is 7.29. The average Bonchev–Trinajstić information content (AvgIpc) is 2.94. The molecule has 0 heterocycles. The Bertz CT molecular complexity index is 1250. The minimum Gasteiger partial charge on any atom is -0.484 e. The monoisotopic (exact) mass is 610 g/mol. The van der Waals surface area contributed by atoms with Gasteiger partial charge in [-0.1, -0.05) is 95.3 Å². The van der Waals surface area contributed by atoms with Crippen molar-refractivity contribution in [2.24, 2.45) is 0 Å². The molecule has 0 aromatic heterocycles. The van der Waals surface area contributed by atoms with Gasteiger partial charge in [-0.3, -0.25) is 9.59 Å². The lowest BCUT2D eigenvalue weighted by Crippen LogP contribution is -2.53. The smallest absolute Gasteiger partial charge is 0.261 e. The molecule has 1 aliphatic rings. The van der Waals surface area contributed by atoms with E-state index < -0.39 is 6.04 Å². The van der Waals surface area contributed by atoms with E-state index >= 15 is 0 Å². The standard InChI is InChI=1S/C32H36BrClN2O3/c1-22-17-27(18-23(2)31(22)33)39-21-30(37)36(20-25-13-9-10-16-28(25)34)29(19-24-11-5-3-6-12-24)32(38)35-26-14-7-4-8-15-26/h3,5-6,9-13,16-18,26,29H,4,7-8,14-15,19-21H2,1-2H3,(H,35,38)/t29-/m0/s1. The molecule has 1 saturated carbocycles. The molecule has 4 rings (SSSR count). The van der Waals surface area contributed by atoms with Gasteiger partial charge in [-0.2, -0.15) is 0 Å². The fourth-order valence-electron chi connectivity index (χ4n) is 5.13. The number of carbonyl (C=O) groups is 2. The van der Waals surface area contributed by atoms with Gasteiger partial charge in [0.05, 0.1) is 0 Å². The summed E-state index contributed by atoms with van der Waals surface area (Å²) in [5.41, 5.74) is 3.82. The molecule has 3 aromatic rings. The number of rotatable bonds is 10. The number of halogens is 2. The van der Waals surface area contributed by atoms with Crippen LogP contribution in [0.4, 0.5) is 0 Å². The summed E-state index contributed by atoms with van der Waals surface area (Å²) in [5, 5.41) is 3.82. The van der Waals surface area contributed by atoms with Crippen LogP contribution in [-0.4, -0.2) is 35.4 Å². The van der Waals surface area contributed by atoms with E-state index in [0.717, 1.165) is 52.4 Å². The third-order valence-corrected chi connectivity index (χ3v) is 8.91. The summed E-state index contributed by atoms with van der Waals surface area (Å²) in [4.78, 5) is 29.3. The van der Waals surface area contributed by atoms with E-state index in [1.807, 2.05) is 74.5 Å². The second-order valence-electron chi connectivity index (χ2n) is 10.3. The van der Waals surface area contributed by atoms with Gasteiger partial charge in [-0.05, 0) is 67.1 Å². The summed E-state index contributed by atoms with van der Waals surface area (Å²) in [6.45, 7) is 3.99. The van der Waals surface area contributed by atoms with E-state index in [2.05, 4.69) is 21.2 Å². The zero-order valence-electron chi connectivity index (χ0n) is 22.6. The van der Waals surface area contributed by atoms with Crippen LogP contribution in [0.1, 0.15) is 54.4 Å². The molecule has 0 aliphatic heterocycles. The average molecular weight is 612 g/mol. The highest BCUT2D eigenvalue weighted by atomic mass is 79.9. The summed E-state index contributed by atoms with van der Waals surface area (Å²) < 4.78 is 7.00. The SMILES string of the molecule is Cc1cc(OCC(=O)N(Cc2ccccc2Cl)[C@@H](Cc2ccccc2)C(=O)NC2CCCCC2)cc(C)c1Br. The topological polar surface area (TPSA) is 58.6 Å². The number of nitrogens with zero attached hydrogens (tertiary/aromatic N) is 1. The largest absolute Gasteiger partial charge is 0.484 e. The van der Waals surface area contributed by atoms with Gasteiger partial charge in [0.2, 0.25) is 5.91 Å². The van der Waals surface area contributed by atoms with E-state index in [0.29, 0.717) is 17.2 Å². The number of nitrogens with one attached hydrogen (secondary N) is 1. The molecule has 3 aromatic carbocycles. The van der Waals surface area contributed by atoms with Crippen LogP contribution in [0, 0.1) is 13.8 Å². The lowest BCUT2D eigenvalue weighted by molar-refractivity contribution is -0.143. The van der Waals surface area contributed by atoms with Crippen molar-refractivity contribution in [1.29, 1.82) is 0 Å². The van der Waals surface area contributed by atoms with Crippen molar-refractivity contribution < 1.29 is 14.3 Å². The van der Waals surface area contributed by atoms with E-state index in [1.165, 1.54) is 6.42 Å². The molecule has 0 unspecified atom stereocenters. The Kier molecular flexibility index (Phi) is 10.5. The molecule has 1 atom stereocenters. The van der Waals surface area contributed by atoms with Gasteiger partial charge < -0.3 is 15.0 Å². The molecule has 1 N–H and O–H groups in total. The lowest BCUT2D eigenvalue weighted by Gasteiger charge is -2.33. The van der Waals surface area contributed by atoms with Gasteiger partial charge in [0.15, 0.2) is 6.61 Å². The van der Waals surface area contributed by atoms with Crippen molar-refractivity contribution in [3.8, 4) is 5.75 Å². The number of carbonyl (C=O) groups excluding carboxylic acids is 2. The quantitative estimate of drug-likeness (QED) is 0.264. The summed E-state index contributed by atoms with van der Waals surface area (Å²) >= 11 is 10.1. The molecular weight excluding hydrogens is 576 g/mol. The first-order valence-corrected chi connectivity index (χ1v) is 14.8. The Balaban J connectivity index is 1.63. The number of benzene rings is 3. The predicted octanol–water partition coefficient (Wildman–Crippen LogP) is 7.19. The summed E-state index contributed by atoms with van der Waals surface area (Å²) in [5.74, 6) is 0.208. The molecule has 1 aliphatic carbocycles. The van der Waals surface area contributed by atoms with Crippen LogP contribution >= 0.6 is 27.5 Å². The highest BCUT2D eigenvalue weighted by Gasteiger charge is 2.32. The van der Waals surface area contributed by atoms with Crippen molar-refractivity contribution >= 4 is 39.3 Å². The molecule has 5 nitrogen and oxygen atoms in total. The Labute approximate surface area is 245 Å². The lowest BCUT2D eigenvalue weighted by atomic mass is 9.94. The van der Waals surface area contributed by atoms with Crippen LogP contribution in [0.5, 0.6) is 5.75 Å². The highest BCUT2D eigenvalue weighted by Crippen LogP contribution is 2.27. The van der Waals surface area contributed by atoms with Crippen molar-refractivity contribution in [1.82, 2.24) is 10.2 Å². The number of hydrogen-bond acceptors (Lipinski definition) is 3. The predicted molar refractivity (Wildman–Crippen MR) is 160 cm³/mol. The zero-order valence-corrected chi connectivity index (χ0v) is 24.9. The van der Waals surface area contributed by atoms with Gasteiger partial charge in [0, 0.05) is 28.5 Å². The van der Waals surface area contributed by atoms with Gasteiger partial charge in [-0.25, -0.2) is 0 Å². The van der Waals surface area contributed by atoms with Crippen molar-refractivity contribution in [3.05, 3.63) is 98.5 Å². The molecule has 0 radical (unpaired) electrons. The van der Waals surface area contributed by atoms with Crippen molar-refractivity contribution in [3.63, 3.8) is 0 Å². The van der Waals surface area contributed by atoms with Crippen molar-refractivity contribution in [2.75, 3.05) is 6.61 Å². The maximum Gasteiger partial charge on any atom is 0.261 e. The Hall–Kier alpha value is -2.83. The minimum absolute atomic E-state index is 0.131. The Morgan fingerprint density at radius 2 is 1.64 bits per heavy atom. The third kappa shape index (κ3) is 8.09. The Morgan fingerprint density at radius 1 is 1.00 bits per heavy atom. The van der Waals surface area contributed by atoms with E-state index in [1.54, 1.807) is 11.0 Å². The number of ether oxygens (including phenoxy) is 1.